The molecule has 0 atom stereocenters. The van der Waals surface area contributed by atoms with Crippen LogP contribution in [-0.4, -0.2) is 18.0 Å². The Balaban J connectivity index is 0.00000288. The average molecular weight is 523 g/mol. The van der Waals surface area contributed by atoms with Crippen molar-refractivity contribution in [2.45, 2.75) is 39.8 Å². The largest absolute Gasteiger partial charge is 0.352 e. The lowest BCUT2D eigenvalue weighted by Gasteiger charge is -2.12. The maximum absolute atomic E-state index is 4.63. The van der Waals surface area contributed by atoms with E-state index in [9.17, 15) is 0 Å². The summed E-state index contributed by atoms with van der Waals surface area (Å²) in [6.45, 7) is 7.87. The zero-order valence-corrected chi connectivity index (χ0v) is 19.1. The van der Waals surface area contributed by atoms with Gasteiger partial charge in [0.05, 0.1) is 12.2 Å². The fraction of sp³-hybridized carbons (Fsp3) is 0.412. The van der Waals surface area contributed by atoms with Gasteiger partial charge in [0.15, 0.2) is 5.96 Å². The van der Waals surface area contributed by atoms with E-state index in [1.165, 1.54) is 11.1 Å². The maximum atomic E-state index is 4.63. The molecule has 1 aromatic heterocycles. The number of hydrogen-bond donors (Lipinski definition) is 2. The van der Waals surface area contributed by atoms with E-state index in [-0.39, 0.29) is 24.0 Å². The van der Waals surface area contributed by atoms with Gasteiger partial charge < -0.3 is 10.6 Å². The second-order valence-corrected chi connectivity index (χ2v) is 7.53. The molecule has 0 amide bonds. The number of rotatable bonds is 5. The van der Waals surface area contributed by atoms with Crippen molar-refractivity contribution < 1.29 is 0 Å². The molecule has 0 radical (unpaired) electrons. The number of benzene rings is 1. The second-order valence-electron chi connectivity index (χ2n) is 5.67. The van der Waals surface area contributed by atoms with E-state index in [0.29, 0.717) is 12.5 Å². The highest BCUT2D eigenvalue weighted by Crippen LogP contribution is 2.17. The Morgan fingerprint density at radius 1 is 1.29 bits per heavy atom. The number of thiazole rings is 1. The molecule has 0 saturated heterocycles. The smallest absolute Gasteiger partial charge is 0.191 e. The lowest BCUT2D eigenvalue weighted by molar-refractivity contribution is 0.784. The number of hydrogen-bond acceptors (Lipinski definition) is 3. The molecular formula is C17H24BrIN4S. The van der Waals surface area contributed by atoms with Gasteiger partial charge in [0.2, 0.25) is 0 Å². The minimum Gasteiger partial charge on any atom is -0.352 e. The van der Waals surface area contributed by atoms with Gasteiger partial charge in [0.25, 0.3) is 0 Å². The lowest BCUT2D eigenvalue weighted by Crippen LogP contribution is -2.36. The lowest BCUT2D eigenvalue weighted by atomic mass is 10.1. The molecule has 132 valence electrons. The molecule has 0 unspecified atom stereocenters. The summed E-state index contributed by atoms with van der Waals surface area (Å²) in [5.41, 5.74) is 3.66. The highest BCUT2D eigenvalue weighted by molar-refractivity contribution is 14.0. The minimum atomic E-state index is 0. The van der Waals surface area contributed by atoms with E-state index >= 15 is 0 Å². The first kappa shape index (κ1) is 21.4. The van der Waals surface area contributed by atoms with E-state index in [0.717, 1.165) is 27.7 Å². The Kier molecular flexibility index (Phi) is 9.22. The molecule has 0 bridgehead atoms. The zero-order valence-electron chi connectivity index (χ0n) is 14.4. The SMILES string of the molecule is CN=C(NCc1nc(C(C)C)cs1)NCc1ccc(Br)cc1C.I. The van der Waals surface area contributed by atoms with Crippen molar-refractivity contribution >= 4 is 57.2 Å². The molecule has 0 aliphatic heterocycles. The Bertz CT molecular complexity index is 685. The molecule has 0 aliphatic rings. The highest BCUT2D eigenvalue weighted by Gasteiger charge is 2.07. The maximum Gasteiger partial charge on any atom is 0.191 e. The average Bonchev–Trinajstić information content (AvgIpc) is 2.98. The van der Waals surface area contributed by atoms with Crippen LogP contribution in [0.15, 0.2) is 33.0 Å². The molecule has 24 heavy (non-hydrogen) atoms. The van der Waals surface area contributed by atoms with Crippen LogP contribution in [0.3, 0.4) is 0 Å². The third kappa shape index (κ3) is 6.33. The highest BCUT2D eigenvalue weighted by atomic mass is 127. The summed E-state index contributed by atoms with van der Waals surface area (Å²) in [5, 5.41) is 9.87. The van der Waals surface area contributed by atoms with Gasteiger partial charge in [-0.2, -0.15) is 0 Å². The van der Waals surface area contributed by atoms with Crippen LogP contribution in [0.1, 0.15) is 41.6 Å². The molecule has 2 rings (SSSR count). The molecule has 2 N–H and O–H groups in total. The monoisotopic (exact) mass is 522 g/mol. The molecule has 1 heterocycles. The Morgan fingerprint density at radius 2 is 2.00 bits per heavy atom. The van der Waals surface area contributed by atoms with Gasteiger partial charge in [-0.25, -0.2) is 4.98 Å². The van der Waals surface area contributed by atoms with Crippen LogP contribution in [0.4, 0.5) is 0 Å². The summed E-state index contributed by atoms with van der Waals surface area (Å²) in [6, 6.07) is 6.30. The van der Waals surface area contributed by atoms with E-state index in [1.54, 1.807) is 18.4 Å². The van der Waals surface area contributed by atoms with Gasteiger partial charge in [-0.1, -0.05) is 35.8 Å². The van der Waals surface area contributed by atoms with Crippen molar-refractivity contribution in [3.63, 3.8) is 0 Å². The quantitative estimate of drug-likeness (QED) is 0.336. The fourth-order valence-electron chi connectivity index (χ4n) is 2.09. The fourth-order valence-corrected chi connectivity index (χ4v) is 3.46. The molecular weight excluding hydrogens is 499 g/mol. The molecule has 1 aromatic carbocycles. The molecule has 2 aromatic rings. The predicted molar refractivity (Wildman–Crippen MR) is 118 cm³/mol. The molecule has 4 nitrogen and oxygen atoms in total. The number of nitrogens with one attached hydrogen (secondary N) is 2. The van der Waals surface area contributed by atoms with Gasteiger partial charge >= 0.3 is 0 Å². The Hall–Kier alpha value is -0.670. The van der Waals surface area contributed by atoms with Crippen LogP contribution in [0.2, 0.25) is 0 Å². The molecule has 0 fully saturated rings. The van der Waals surface area contributed by atoms with Crippen LogP contribution >= 0.6 is 51.2 Å². The van der Waals surface area contributed by atoms with Crippen LogP contribution < -0.4 is 10.6 Å². The number of nitrogens with zero attached hydrogens (tertiary/aromatic N) is 2. The van der Waals surface area contributed by atoms with Gasteiger partial charge in [-0.3, -0.25) is 4.99 Å². The Morgan fingerprint density at radius 3 is 2.58 bits per heavy atom. The van der Waals surface area contributed by atoms with E-state index < -0.39 is 0 Å². The van der Waals surface area contributed by atoms with Gasteiger partial charge in [0.1, 0.15) is 5.01 Å². The first-order valence-electron chi connectivity index (χ1n) is 7.63. The van der Waals surface area contributed by atoms with Gasteiger partial charge in [-0.15, -0.1) is 35.3 Å². The molecule has 0 saturated carbocycles. The predicted octanol–water partition coefficient (Wildman–Crippen LogP) is 4.82. The van der Waals surface area contributed by atoms with Crippen molar-refractivity contribution in [2.24, 2.45) is 4.99 Å². The van der Waals surface area contributed by atoms with Gasteiger partial charge in [-0.05, 0) is 36.1 Å². The topological polar surface area (TPSA) is 49.3 Å². The van der Waals surface area contributed by atoms with Crippen molar-refractivity contribution in [1.29, 1.82) is 0 Å². The van der Waals surface area contributed by atoms with E-state index in [4.69, 9.17) is 0 Å². The first-order chi connectivity index (χ1) is 11.0. The van der Waals surface area contributed by atoms with Crippen molar-refractivity contribution in [3.8, 4) is 0 Å². The molecule has 0 aliphatic carbocycles. The van der Waals surface area contributed by atoms with Crippen LogP contribution in [-0.2, 0) is 13.1 Å². The normalized spacial score (nSPS) is 11.3. The third-order valence-electron chi connectivity index (χ3n) is 3.54. The summed E-state index contributed by atoms with van der Waals surface area (Å²) in [6.07, 6.45) is 0. The van der Waals surface area contributed by atoms with Crippen LogP contribution in [0, 0.1) is 6.92 Å². The summed E-state index contributed by atoms with van der Waals surface area (Å²) in [5.74, 6) is 1.26. The zero-order chi connectivity index (χ0) is 16.8. The standard InChI is InChI=1S/C17H23BrN4S.HI/c1-11(2)15-10-23-16(22-15)9-21-17(19-4)20-8-13-5-6-14(18)7-12(13)3;/h5-7,10-11H,8-9H2,1-4H3,(H2,19,20,21);1H. The summed E-state index contributed by atoms with van der Waals surface area (Å²) < 4.78 is 1.10. The van der Waals surface area contributed by atoms with Crippen LogP contribution in [0.5, 0.6) is 0 Å². The number of aryl methyl sites for hydroxylation is 1. The van der Waals surface area contributed by atoms with Crippen molar-refractivity contribution in [2.75, 3.05) is 7.05 Å². The van der Waals surface area contributed by atoms with E-state index in [2.05, 4.69) is 80.9 Å². The molecule has 0 spiro atoms. The number of aromatic nitrogens is 1. The summed E-state index contributed by atoms with van der Waals surface area (Å²) in [4.78, 5) is 8.90. The summed E-state index contributed by atoms with van der Waals surface area (Å²) in [7, 11) is 1.78. The first-order valence-corrected chi connectivity index (χ1v) is 9.30. The minimum absolute atomic E-state index is 0. The summed E-state index contributed by atoms with van der Waals surface area (Å²) >= 11 is 5.18. The Labute approximate surface area is 173 Å². The van der Waals surface area contributed by atoms with Gasteiger partial charge in [0, 0.05) is 23.4 Å². The van der Waals surface area contributed by atoms with E-state index in [1.807, 2.05) is 0 Å². The van der Waals surface area contributed by atoms with Crippen LogP contribution in [0.25, 0.3) is 0 Å². The molecule has 7 heteroatoms. The van der Waals surface area contributed by atoms with Crippen molar-refractivity contribution in [1.82, 2.24) is 15.6 Å². The third-order valence-corrected chi connectivity index (χ3v) is 4.90. The number of aliphatic imine (C=N–C) groups is 1. The van der Waals surface area contributed by atoms with Crippen molar-refractivity contribution in [3.05, 3.63) is 49.9 Å². The number of guanidine groups is 1. The number of halogens is 2. The second kappa shape index (κ2) is 10.4.